The summed E-state index contributed by atoms with van der Waals surface area (Å²) in [7, 11) is 0. The first-order valence-electron chi connectivity index (χ1n) is 7.65. The van der Waals surface area contributed by atoms with Crippen LogP contribution in [0.25, 0.3) is 11.0 Å². The average molecular weight is 314 g/mol. The van der Waals surface area contributed by atoms with Crippen LogP contribution in [0.4, 0.5) is 0 Å². The van der Waals surface area contributed by atoms with Gasteiger partial charge in [-0.15, -0.1) is 0 Å². The summed E-state index contributed by atoms with van der Waals surface area (Å²) in [5, 5.41) is 20.5. The van der Waals surface area contributed by atoms with E-state index in [-0.39, 0.29) is 11.5 Å². The van der Waals surface area contributed by atoms with Gasteiger partial charge in [0.2, 0.25) is 0 Å². The number of allylic oxidation sites excluding steroid dienone is 4. The van der Waals surface area contributed by atoms with Crippen LogP contribution in [-0.2, 0) is 6.42 Å². The Kier molecular flexibility index (Phi) is 5.27. The van der Waals surface area contributed by atoms with Crippen molar-refractivity contribution in [3.63, 3.8) is 0 Å². The molecule has 23 heavy (non-hydrogen) atoms. The van der Waals surface area contributed by atoms with Crippen LogP contribution in [0.15, 0.2) is 50.7 Å². The molecular formula is C19H22O4. The Labute approximate surface area is 135 Å². The zero-order valence-electron chi connectivity index (χ0n) is 13.7. The zero-order chi connectivity index (χ0) is 17.0. The zero-order valence-corrected chi connectivity index (χ0v) is 13.7. The molecule has 2 aromatic rings. The number of aromatic hydroxyl groups is 2. The Morgan fingerprint density at radius 1 is 1.17 bits per heavy atom. The van der Waals surface area contributed by atoms with Gasteiger partial charge in [-0.1, -0.05) is 23.3 Å². The summed E-state index contributed by atoms with van der Waals surface area (Å²) >= 11 is 0. The van der Waals surface area contributed by atoms with Crippen molar-refractivity contribution in [2.24, 2.45) is 0 Å². The van der Waals surface area contributed by atoms with Crippen molar-refractivity contribution in [2.75, 3.05) is 0 Å². The molecule has 0 amide bonds. The minimum Gasteiger partial charge on any atom is -0.504 e. The van der Waals surface area contributed by atoms with Gasteiger partial charge >= 0.3 is 5.63 Å². The highest BCUT2D eigenvalue weighted by Crippen LogP contribution is 2.35. The largest absolute Gasteiger partial charge is 0.504 e. The lowest BCUT2D eigenvalue weighted by Crippen LogP contribution is -1.97. The molecule has 4 nitrogen and oxygen atoms in total. The van der Waals surface area contributed by atoms with Gasteiger partial charge in [-0.05, 0) is 52.2 Å². The lowest BCUT2D eigenvalue weighted by molar-refractivity contribution is 0.399. The second kappa shape index (κ2) is 7.18. The van der Waals surface area contributed by atoms with Gasteiger partial charge in [0.05, 0.1) is 0 Å². The molecule has 0 saturated heterocycles. The highest BCUT2D eigenvalue weighted by Gasteiger charge is 2.13. The average Bonchev–Trinajstić information content (AvgIpc) is 2.48. The van der Waals surface area contributed by atoms with Gasteiger partial charge in [0.25, 0.3) is 0 Å². The summed E-state index contributed by atoms with van der Waals surface area (Å²) in [5.41, 5.74) is 2.74. The fourth-order valence-corrected chi connectivity index (χ4v) is 2.41. The molecule has 0 bridgehead atoms. The van der Waals surface area contributed by atoms with Crippen molar-refractivity contribution in [3.8, 4) is 11.5 Å². The topological polar surface area (TPSA) is 70.7 Å². The molecule has 0 aliphatic rings. The number of phenols is 2. The van der Waals surface area contributed by atoms with E-state index in [0.717, 1.165) is 12.8 Å². The molecular weight excluding hydrogens is 292 g/mol. The molecule has 0 aliphatic carbocycles. The standard InChI is InChI=1S/C19H22O4/c1-12(2)5-4-6-13(3)7-9-15-18(22)16(20)11-14-8-10-17(21)23-19(14)15/h5,7-8,10-11,20,22H,4,6,9H2,1-3H3/b13-7+. The van der Waals surface area contributed by atoms with Gasteiger partial charge in [-0.3, -0.25) is 0 Å². The Balaban J connectivity index is 2.32. The van der Waals surface area contributed by atoms with Crippen LogP contribution >= 0.6 is 0 Å². The third-order valence-corrected chi connectivity index (χ3v) is 3.70. The second-order valence-electron chi connectivity index (χ2n) is 5.97. The molecule has 1 aromatic carbocycles. The van der Waals surface area contributed by atoms with Crippen LogP contribution < -0.4 is 5.63 Å². The Hall–Kier alpha value is -2.49. The quantitative estimate of drug-likeness (QED) is 0.486. The summed E-state index contributed by atoms with van der Waals surface area (Å²) in [4.78, 5) is 11.4. The second-order valence-corrected chi connectivity index (χ2v) is 5.97. The Bertz CT molecular complexity index is 821. The fourth-order valence-electron chi connectivity index (χ4n) is 2.41. The molecule has 122 valence electrons. The van der Waals surface area contributed by atoms with Crippen molar-refractivity contribution >= 4 is 11.0 Å². The van der Waals surface area contributed by atoms with Crippen molar-refractivity contribution in [3.05, 3.63) is 57.5 Å². The summed E-state index contributed by atoms with van der Waals surface area (Å²) in [6, 6.07) is 4.26. The number of benzene rings is 1. The van der Waals surface area contributed by atoms with E-state index >= 15 is 0 Å². The summed E-state index contributed by atoms with van der Waals surface area (Å²) in [6.45, 7) is 6.16. The maximum absolute atomic E-state index is 11.4. The maximum atomic E-state index is 11.4. The van der Waals surface area contributed by atoms with Crippen LogP contribution in [0.5, 0.6) is 11.5 Å². The van der Waals surface area contributed by atoms with E-state index in [0.29, 0.717) is 23.0 Å². The molecule has 2 N–H and O–H groups in total. The van der Waals surface area contributed by atoms with Crippen molar-refractivity contribution < 1.29 is 14.6 Å². The predicted octanol–water partition coefficient (Wildman–Crippen LogP) is 4.44. The molecule has 0 atom stereocenters. The minimum atomic E-state index is -0.479. The molecule has 2 rings (SSSR count). The Morgan fingerprint density at radius 2 is 1.91 bits per heavy atom. The van der Waals surface area contributed by atoms with Gasteiger partial charge in [0.15, 0.2) is 11.5 Å². The maximum Gasteiger partial charge on any atom is 0.336 e. The molecule has 0 unspecified atom stereocenters. The highest BCUT2D eigenvalue weighted by molar-refractivity contribution is 5.84. The van der Waals surface area contributed by atoms with Crippen LogP contribution in [0, 0.1) is 0 Å². The molecule has 4 heteroatoms. The van der Waals surface area contributed by atoms with E-state index < -0.39 is 5.63 Å². The molecule has 0 saturated carbocycles. The number of hydrogen-bond acceptors (Lipinski definition) is 4. The van der Waals surface area contributed by atoms with Crippen molar-refractivity contribution in [1.82, 2.24) is 0 Å². The third kappa shape index (κ3) is 4.25. The molecule has 0 fully saturated rings. The summed E-state index contributed by atoms with van der Waals surface area (Å²) < 4.78 is 5.21. The van der Waals surface area contributed by atoms with E-state index in [2.05, 4.69) is 19.9 Å². The predicted molar refractivity (Wildman–Crippen MR) is 91.9 cm³/mol. The van der Waals surface area contributed by atoms with E-state index in [4.69, 9.17) is 4.42 Å². The summed E-state index contributed by atoms with van der Waals surface area (Å²) in [6.07, 6.45) is 6.45. The van der Waals surface area contributed by atoms with Crippen molar-refractivity contribution in [1.29, 1.82) is 0 Å². The third-order valence-electron chi connectivity index (χ3n) is 3.70. The Morgan fingerprint density at radius 3 is 2.61 bits per heavy atom. The van der Waals surface area contributed by atoms with E-state index in [1.165, 1.54) is 23.3 Å². The molecule has 0 spiro atoms. The van der Waals surface area contributed by atoms with Crippen molar-refractivity contribution in [2.45, 2.75) is 40.0 Å². The number of fused-ring (bicyclic) bond motifs is 1. The van der Waals surface area contributed by atoms with Gasteiger partial charge < -0.3 is 14.6 Å². The lowest BCUT2D eigenvalue weighted by atomic mass is 10.0. The number of rotatable bonds is 5. The number of phenolic OH excluding ortho intramolecular Hbond substituents is 2. The highest BCUT2D eigenvalue weighted by atomic mass is 16.4. The first-order valence-corrected chi connectivity index (χ1v) is 7.65. The SMILES string of the molecule is CC(C)=CCC/C(C)=C/Cc1c(O)c(O)cc2ccc(=O)oc12. The summed E-state index contributed by atoms with van der Waals surface area (Å²) in [5.74, 6) is -0.447. The van der Waals surface area contributed by atoms with Crippen LogP contribution in [0.1, 0.15) is 39.2 Å². The van der Waals surface area contributed by atoms with Crippen LogP contribution in [0.2, 0.25) is 0 Å². The molecule has 0 aliphatic heterocycles. The van der Waals surface area contributed by atoms with Gasteiger partial charge in [0.1, 0.15) is 5.58 Å². The first-order chi connectivity index (χ1) is 10.9. The molecule has 1 heterocycles. The smallest absolute Gasteiger partial charge is 0.336 e. The minimum absolute atomic E-state index is 0.211. The van der Waals surface area contributed by atoms with Gasteiger partial charge in [-0.2, -0.15) is 0 Å². The van der Waals surface area contributed by atoms with E-state index in [9.17, 15) is 15.0 Å². The fraction of sp³-hybridized carbons (Fsp3) is 0.316. The molecule has 0 radical (unpaired) electrons. The van der Waals surface area contributed by atoms with Gasteiger partial charge in [0, 0.05) is 17.0 Å². The first kappa shape index (κ1) is 16.9. The lowest BCUT2D eigenvalue weighted by Gasteiger charge is -2.08. The van der Waals surface area contributed by atoms with Crippen LogP contribution in [-0.4, -0.2) is 10.2 Å². The monoisotopic (exact) mass is 314 g/mol. The number of hydrogen-bond donors (Lipinski definition) is 2. The van der Waals surface area contributed by atoms with E-state index in [1.54, 1.807) is 6.07 Å². The van der Waals surface area contributed by atoms with Crippen LogP contribution in [0.3, 0.4) is 0 Å². The van der Waals surface area contributed by atoms with Gasteiger partial charge in [-0.25, -0.2) is 4.79 Å². The normalized spacial score (nSPS) is 11.7. The molecule has 1 aromatic heterocycles. The van der Waals surface area contributed by atoms with E-state index in [1.807, 2.05) is 13.0 Å².